The fourth-order valence-electron chi connectivity index (χ4n) is 3.10. The predicted octanol–water partition coefficient (Wildman–Crippen LogP) is 2.57. The van der Waals surface area contributed by atoms with Gasteiger partial charge in [-0.2, -0.15) is 0 Å². The highest BCUT2D eigenvalue weighted by atomic mass is 32.2. The smallest absolute Gasteiger partial charge is 0.272 e. The van der Waals surface area contributed by atoms with Crippen LogP contribution in [0.15, 0.2) is 41.3 Å². The van der Waals surface area contributed by atoms with Crippen LogP contribution < -0.4 is 15.0 Å². The molecule has 2 N–H and O–H groups in total. The van der Waals surface area contributed by atoms with E-state index in [0.29, 0.717) is 5.75 Å². The molecule has 0 saturated carbocycles. The first-order chi connectivity index (χ1) is 12.8. The summed E-state index contributed by atoms with van der Waals surface area (Å²) >= 11 is 0. The number of hydrazine groups is 1. The lowest BCUT2D eigenvalue weighted by Crippen LogP contribution is -2.43. The van der Waals surface area contributed by atoms with Crippen molar-refractivity contribution in [2.24, 2.45) is 0 Å². The molecule has 0 bridgehead atoms. The standard InChI is InChI=1S/C20H24N2O4S/c1-14-7-8-15(2)19(11-14)26-13-20(23)21-22-27(24,25)18-10-9-16-5-3-4-6-17(16)12-18/h7-12,22H,3-6,13H2,1-2H3,(H,21,23). The van der Waals surface area contributed by atoms with E-state index >= 15 is 0 Å². The lowest BCUT2D eigenvalue weighted by atomic mass is 9.92. The summed E-state index contributed by atoms with van der Waals surface area (Å²) in [6.07, 6.45) is 4.06. The summed E-state index contributed by atoms with van der Waals surface area (Å²) in [5.74, 6) is 0.0279. The maximum absolute atomic E-state index is 12.4. The number of benzene rings is 2. The van der Waals surface area contributed by atoms with Gasteiger partial charge in [0.2, 0.25) is 0 Å². The Morgan fingerprint density at radius 1 is 1.04 bits per heavy atom. The Hall–Kier alpha value is -2.38. The molecule has 0 aromatic heterocycles. The number of nitrogens with one attached hydrogen (secondary N) is 2. The molecule has 3 rings (SSSR count). The van der Waals surface area contributed by atoms with Crippen LogP contribution in [-0.2, 0) is 27.7 Å². The molecule has 0 heterocycles. The van der Waals surface area contributed by atoms with Gasteiger partial charge in [0.25, 0.3) is 15.9 Å². The minimum atomic E-state index is -3.82. The van der Waals surface area contributed by atoms with Crippen LogP contribution in [0.4, 0.5) is 0 Å². The number of sulfonamides is 1. The molecule has 0 fully saturated rings. The summed E-state index contributed by atoms with van der Waals surface area (Å²) in [6.45, 7) is 3.53. The maximum atomic E-state index is 12.4. The highest BCUT2D eigenvalue weighted by molar-refractivity contribution is 7.89. The Labute approximate surface area is 160 Å². The van der Waals surface area contributed by atoms with Gasteiger partial charge >= 0.3 is 0 Å². The van der Waals surface area contributed by atoms with Crippen molar-refractivity contribution in [3.05, 3.63) is 58.7 Å². The first kappa shape index (κ1) is 19.4. The topological polar surface area (TPSA) is 84.5 Å². The minimum absolute atomic E-state index is 0.152. The van der Waals surface area contributed by atoms with Crippen LogP contribution in [0.1, 0.15) is 35.1 Å². The third kappa shape index (κ3) is 4.87. The number of carbonyl (C=O) groups is 1. The number of ether oxygens (including phenoxy) is 1. The molecule has 6 nitrogen and oxygen atoms in total. The fourth-order valence-corrected chi connectivity index (χ4v) is 4.01. The highest BCUT2D eigenvalue weighted by Gasteiger charge is 2.18. The van der Waals surface area contributed by atoms with Crippen LogP contribution in [0.5, 0.6) is 5.75 Å². The number of hydrogen-bond donors (Lipinski definition) is 2. The van der Waals surface area contributed by atoms with Gasteiger partial charge in [0.15, 0.2) is 6.61 Å². The average Bonchev–Trinajstić information content (AvgIpc) is 2.66. The molecule has 144 valence electrons. The number of amides is 1. The third-order valence-corrected chi connectivity index (χ3v) is 5.90. The number of carbonyl (C=O) groups excluding carboxylic acids is 1. The lowest BCUT2D eigenvalue weighted by Gasteiger charge is -2.17. The van der Waals surface area contributed by atoms with Crippen molar-refractivity contribution in [3.8, 4) is 5.75 Å². The molecule has 2 aromatic carbocycles. The molecular formula is C20H24N2O4S. The second-order valence-corrected chi connectivity index (χ2v) is 8.53. The van der Waals surface area contributed by atoms with Crippen molar-refractivity contribution in [3.63, 3.8) is 0 Å². The van der Waals surface area contributed by atoms with Gasteiger partial charge in [0.05, 0.1) is 4.90 Å². The summed E-state index contributed by atoms with van der Waals surface area (Å²) in [6, 6.07) is 10.8. The number of hydrogen-bond acceptors (Lipinski definition) is 4. The fraction of sp³-hybridized carbons (Fsp3) is 0.350. The summed E-state index contributed by atoms with van der Waals surface area (Å²) in [5.41, 5.74) is 6.39. The minimum Gasteiger partial charge on any atom is -0.483 e. The van der Waals surface area contributed by atoms with Gasteiger partial charge in [-0.1, -0.05) is 18.2 Å². The van der Waals surface area contributed by atoms with Crippen molar-refractivity contribution in [1.82, 2.24) is 10.3 Å². The van der Waals surface area contributed by atoms with Gasteiger partial charge in [-0.25, -0.2) is 8.42 Å². The quantitative estimate of drug-likeness (QED) is 0.745. The largest absolute Gasteiger partial charge is 0.483 e. The van der Waals surface area contributed by atoms with Crippen LogP contribution in [0.3, 0.4) is 0 Å². The van der Waals surface area contributed by atoms with Crippen molar-refractivity contribution >= 4 is 15.9 Å². The number of rotatable bonds is 6. The molecule has 7 heteroatoms. The number of aryl methyl sites for hydroxylation is 4. The van der Waals surface area contributed by atoms with E-state index in [1.807, 2.05) is 38.1 Å². The van der Waals surface area contributed by atoms with E-state index in [4.69, 9.17) is 4.74 Å². The van der Waals surface area contributed by atoms with Gasteiger partial charge < -0.3 is 4.74 Å². The van der Waals surface area contributed by atoms with Gasteiger partial charge in [-0.05, 0) is 80.0 Å². The maximum Gasteiger partial charge on any atom is 0.272 e. The summed E-state index contributed by atoms with van der Waals surface area (Å²) in [5, 5.41) is 0. The second-order valence-electron chi connectivity index (χ2n) is 6.85. The van der Waals surface area contributed by atoms with Gasteiger partial charge in [-0.15, -0.1) is 4.83 Å². The lowest BCUT2D eigenvalue weighted by molar-refractivity contribution is -0.123. The van der Waals surface area contributed by atoms with E-state index in [2.05, 4.69) is 10.3 Å². The zero-order valence-corrected chi connectivity index (χ0v) is 16.4. The van der Waals surface area contributed by atoms with E-state index in [9.17, 15) is 13.2 Å². The van der Waals surface area contributed by atoms with E-state index in [0.717, 1.165) is 42.4 Å². The second kappa shape index (κ2) is 8.10. The summed E-state index contributed by atoms with van der Waals surface area (Å²) in [4.78, 5) is 14.2. The van der Waals surface area contributed by atoms with Gasteiger partial charge in [0, 0.05) is 0 Å². The van der Waals surface area contributed by atoms with Crippen LogP contribution in [0.2, 0.25) is 0 Å². The highest BCUT2D eigenvalue weighted by Crippen LogP contribution is 2.24. The Bertz CT molecular complexity index is 954. The molecule has 27 heavy (non-hydrogen) atoms. The van der Waals surface area contributed by atoms with Crippen LogP contribution in [0, 0.1) is 13.8 Å². The van der Waals surface area contributed by atoms with Crippen molar-refractivity contribution in [1.29, 1.82) is 0 Å². The first-order valence-electron chi connectivity index (χ1n) is 8.98. The van der Waals surface area contributed by atoms with Crippen molar-refractivity contribution < 1.29 is 17.9 Å². The van der Waals surface area contributed by atoms with Crippen molar-refractivity contribution in [2.75, 3.05) is 6.61 Å². The van der Waals surface area contributed by atoms with E-state index in [1.165, 1.54) is 5.56 Å². The molecule has 2 aromatic rings. The third-order valence-electron chi connectivity index (χ3n) is 4.66. The van der Waals surface area contributed by atoms with Crippen LogP contribution >= 0.6 is 0 Å². The molecule has 0 atom stereocenters. The van der Waals surface area contributed by atoms with Crippen LogP contribution in [0.25, 0.3) is 0 Å². The van der Waals surface area contributed by atoms with E-state index in [-0.39, 0.29) is 11.5 Å². The normalized spacial score (nSPS) is 13.7. The Kier molecular flexibility index (Phi) is 5.82. The molecule has 0 saturated heterocycles. The number of fused-ring (bicyclic) bond motifs is 1. The Balaban J connectivity index is 1.58. The Morgan fingerprint density at radius 3 is 2.56 bits per heavy atom. The van der Waals surface area contributed by atoms with Crippen molar-refractivity contribution in [2.45, 2.75) is 44.4 Å². The summed E-state index contributed by atoms with van der Waals surface area (Å²) < 4.78 is 30.3. The van der Waals surface area contributed by atoms with Gasteiger partial charge in [-0.3, -0.25) is 10.2 Å². The predicted molar refractivity (Wildman–Crippen MR) is 103 cm³/mol. The van der Waals surface area contributed by atoms with Gasteiger partial charge in [0.1, 0.15) is 5.75 Å². The first-order valence-corrected chi connectivity index (χ1v) is 10.5. The van der Waals surface area contributed by atoms with E-state index < -0.39 is 15.9 Å². The Morgan fingerprint density at radius 2 is 1.78 bits per heavy atom. The zero-order chi connectivity index (χ0) is 19.4. The van der Waals surface area contributed by atoms with Crippen LogP contribution in [-0.4, -0.2) is 20.9 Å². The molecule has 0 unspecified atom stereocenters. The molecular weight excluding hydrogens is 364 g/mol. The summed E-state index contributed by atoms with van der Waals surface area (Å²) in [7, 11) is -3.82. The SMILES string of the molecule is Cc1ccc(C)c(OCC(=O)NNS(=O)(=O)c2ccc3c(c2)CCCC3)c1. The molecule has 1 amide bonds. The monoisotopic (exact) mass is 388 g/mol. The average molecular weight is 388 g/mol. The molecule has 0 radical (unpaired) electrons. The van der Waals surface area contributed by atoms with E-state index in [1.54, 1.807) is 12.1 Å². The molecule has 0 spiro atoms. The molecule has 1 aliphatic carbocycles. The molecule has 0 aliphatic heterocycles. The molecule has 1 aliphatic rings. The zero-order valence-electron chi connectivity index (χ0n) is 15.5.